The highest BCUT2D eigenvalue weighted by Gasteiger charge is 2.10. The molecule has 0 aromatic heterocycles. The van der Waals surface area contributed by atoms with Crippen LogP contribution in [0.15, 0.2) is 18.2 Å². The van der Waals surface area contributed by atoms with E-state index >= 15 is 0 Å². The van der Waals surface area contributed by atoms with Gasteiger partial charge in [-0.05, 0) is 44.5 Å². The molecule has 1 fully saturated rings. The van der Waals surface area contributed by atoms with E-state index in [1.54, 1.807) is 18.2 Å². The summed E-state index contributed by atoms with van der Waals surface area (Å²) in [6, 6.07) is 7.22. The molecule has 0 spiro atoms. The SMILES string of the molecule is N#Cc1ccc(OCCCN2CCCC2)cc1Cl. The van der Waals surface area contributed by atoms with Crippen molar-refractivity contribution in [3.05, 3.63) is 28.8 Å². The van der Waals surface area contributed by atoms with Crippen molar-refractivity contribution in [2.75, 3.05) is 26.2 Å². The monoisotopic (exact) mass is 264 g/mol. The average Bonchev–Trinajstić information content (AvgIpc) is 2.88. The molecule has 0 amide bonds. The topological polar surface area (TPSA) is 36.3 Å². The fourth-order valence-electron chi connectivity index (χ4n) is 2.16. The van der Waals surface area contributed by atoms with Gasteiger partial charge in [0.15, 0.2) is 0 Å². The first-order chi connectivity index (χ1) is 8.79. The summed E-state index contributed by atoms with van der Waals surface area (Å²) in [5.41, 5.74) is 0.487. The van der Waals surface area contributed by atoms with Gasteiger partial charge in [-0.25, -0.2) is 0 Å². The molecule has 0 radical (unpaired) electrons. The van der Waals surface area contributed by atoms with Crippen molar-refractivity contribution >= 4 is 11.6 Å². The van der Waals surface area contributed by atoms with Gasteiger partial charge >= 0.3 is 0 Å². The van der Waals surface area contributed by atoms with E-state index in [1.165, 1.54) is 25.9 Å². The molecule has 1 heterocycles. The summed E-state index contributed by atoms with van der Waals surface area (Å²) < 4.78 is 5.63. The van der Waals surface area contributed by atoms with Crippen molar-refractivity contribution in [1.82, 2.24) is 4.90 Å². The van der Waals surface area contributed by atoms with Crippen LogP contribution in [0, 0.1) is 11.3 Å². The minimum atomic E-state index is 0.453. The first-order valence-corrected chi connectivity index (χ1v) is 6.72. The zero-order chi connectivity index (χ0) is 12.8. The lowest BCUT2D eigenvalue weighted by Gasteiger charge is -2.14. The fraction of sp³-hybridized carbons (Fsp3) is 0.500. The number of nitrogens with zero attached hydrogens (tertiary/aromatic N) is 2. The summed E-state index contributed by atoms with van der Waals surface area (Å²) in [5, 5.41) is 9.22. The molecule has 2 rings (SSSR count). The molecule has 96 valence electrons. The van der Waals surface area contributed by atoms with E-state index in [9.17, 15) is 0 Å². The Morgan fingerprint density at radius 2 is 2.11 bits per heavy atom. The van der Waals surface area contributed by atoms with E-state index in [0.717, 1.165) is 18.7 Å². The van der Waals surface area contributed by atoms with E-state index in [4.69, 9.17) is 21.6 Å². The lowest BCUT2D eigenvalue weighted by Crippen LogP contribution is -2.21. The second-order valence-electron chi connectivity index (χ2n) is 4.50. The minimum absolute atomic E-state index is 0.453. The molecule has 0 unspecified atom stereocenters. The van der Waals surface area contributed by atoms with Crippen LogP contribution in [-0.2, 0) is 0 Å². The Labute approximate surface area is 113 Å². The van der Waals surface area contributed by atoms with Crippen molar-refractivity contribution in [3.63, 3.8) is 0 Å². The predicted molar refractivity (Wildman–Crippen MR) is 72.0 cm³/mol. The second kappa shape index (κ2) is 6.63. The first-order valence-electron chi connectivity index (χ1n) is 6.34. The quantitative estimate of drug-likeness (QED) is 0.767. The Morgan fingerprint density at radius 3 is 2.78 bits per heavy atom. The Balaban J connectivity index is 1.73. The number of benzene rings is 1. The van der Waals surface area contributed by atoms with Gasteiger partial charge in [-0.1, -0.05) is 11.6 Å². The zero-order valence-corrected chi connectivity index (χ0v) is 11.1. The molecule has 0 saturated carbocycles. The van der Waals surface area contributed by atoms with Gasteiger partial charge in [-0.15, -0.1) is 0 Å². The Kier molecular flexibility index (Phi) is 4.86. The summed E-state index contributed by atoms with van der Waals surface area (Å²) in [6.45, 7) is 4.24. The van der Waals surface area contributed by atoms with Crippen LogP contribution in [0.25, 0.3) is 0 Å². The van der Waals surface area contributed by atoms with E-state index in [0.29, 0.717) is 17.2 Å². The molecule has 0 N–H and O–H groups in total. The fourth-order valence-corrected chi connectivity index (χ4v) is 2.37. The molecule has 18 heavy (non-hydrogen) atoms. The van der Waals surface area contributed by atoms with Crippen LogP contribution in [0.2, 0.25) is 5.02 Å². The molecule has 3 nitrogen and oxygen atoms in total. The lowest BCUT2D eigenvalue weighted by atomic mass is 10.2. The maximum absolute atomic E-state index is 8.76. The average molecular weight is 265 g/mol. The van der Waals surface area contributed by atoms with Gasteiger partial charge in [0.25, 0.3) is 0 Å². The standard InChI is InChI=1S/C14H17ClN2O/c15-14-10-13(5-4-12(14)11-16)18-9-3-8-17-6-1-2-7-17/h4-5,10H,1-3,6-9H2. The predicted octanol–water partition coefficient (Wildman–Crippen LogP) is 3.08. The molecule has 1 aromatic carbocycles. The van der Waals surface area contributed by atoms with Crippen LogP contribution in [0.1, 0.15) is 24.8 Å². The molecule has 0 aliphatic carbocycles. The molecule has 1 aliphatic heterocycles. The van der Waals surface area contributed by atoms with Crippen molar-refractivity contribution in [2.45, 2.75) is 19.3 Å². The maximum atomic E-state index is 8.76. The summed E-state index contributed by atoms with van der Waals surface area (Å²) in [4.78, 5) is 2.47. The smallest absolute Gasteiger partial charge is 0.120 e. The van der Waals surface area contributed by atoms with Gasteiger partial charge in [0, 0.05) is 12.6 Å². The molecule has 4 heteroatoms. The highest BCUT2D eigenvalue weighted by Crippen LogP contribution is 2.22. The van der Waals surface area contributed by atoms with Crippen molar-refractivity contribution in [2.24, 2.45) is 0 Å². The van der Waals surface area contributed by atoms with E-state index in [1.807, 2.05) is 6.07 Å². The van der Waals surface area contributed by atoms with Gasteiger partial charge in [-0.3, -0.25) is 0 Å². The third-order valence-electron chi connectivity index (χ3n) is 3.15. The van der Waals surface area contributed by atoms with Gasteiger partial charge in [0.05, 0.1) is 17.2 Å². The van der Waals surface area contributed by atoms with E-state index in [-0.39, 0.29) is 0 Å². The summed E-state index contributed by atoms with van der Waals surface area (Å²) in [6.07, 6.45) is 3.68. The molecule has 0 bridgehead atoms. The van der Waals surface area contributed by atoms with Gasteiger partial charge in [0.2, 0.25) is 0 Å². The minimum Gasteiger partial charge on any atom is -0.493 e. The van der Waals surface area contributed by atoms with Crippen molar-refractivity contribution in [1.29, 1.82) is 5.26 Å². The molecule has 1 aromatic rings. The van der Waals surface area contributed by atoms with Crippen molar-refractivity contribution < 1.29 is 4.74 Å². The second-order valence-corrected chi connectivity index (χ2v) is 4.91. The Hall–Kier alpha value is -1.24. The maximum Gasteiger partial charge on any atom is 0.120 e. The molecule has 0 atom stereocenters. The summed E-state index contributed by atoms with van der Waals surface area (Å²) in [7, 11) is 0. The normalized spacial score (nSPS) is 15.6. The number of hydrogen-bond donors (Lipinski definition) is 0. The third kappa shape index (κ3) is 3.63. The number of rotatable bonds is 5. The lowest BCUT2D eigenvalue weighted by molar-refractivity contribution is 0.263. The van der Waals surface area contributed by atoms with Gasteiger partial charge in [-0.2, -0.15) is 5.26 Å². The highest BCUT2D eigenvalue weighted by molar-refractivity contribution is 6.31. The summed E-state index contributed by atoms with van der Waals surface area (Å²) in [5.74, 6) is 0.737. The Bertz CT molecular complexity index is 436. The molecule has 1 saturated heterocycles. The van der Waals surface area contributed by atoms with Gasteiger partial charge in [0.1, 0.15) is 11.8 Å². The van der Waals surface area contributed by atoms with Gasteiger partial charge < -0.3 is 9.64 Å². The van der Waals surface area contributed by atoms with Crippen LogP contribution >= 0.6 is 11.6 Å². The van der Waals surface area contributed by atoms with E-state index in [2.05, 4.69) is 4.90 Å². The Morgan fingerprint density at radius 1 is 1.33 bits per heavy atom. The van der Waals surface area contributed by atoms with Crippen molar-refractivity contribution in [3.8, 4) is 11.8 Å². The number of likely N-dealkylation sites (tertiary alicyclic amines) is 1. The zero-order valence-electron chi connectivity index (χ0n) is 10.4. The van der Waals surface area contributed by atoms with Crippen LogP contribution in [0.4, 0.5) is 0 Å². The first kappa shape index (κ1) is 13.2. The van der Waals surface area contributed by atoms with E-state index < -0.39 is 0 Å². The van der Waals surface area contributed by atoms with Crippen LogP contribution in [-0.4, -0.2) is 31.1 Å². The molecular weight excluding hydrogens is 248 g/mol. The number of halogens is 1. The largest absolute Gasteiger partial charge is 0.493 e. The molecular formula is C14H17ClN2O. The highest BCUT2D eigenvalue weighted by atomic mass is 35.5. The third-order valence-corrected chi connectivity index (χ3v) is 3.46. The van der Waals surface area contributed by atoms with Crippen LogP contribution < -0.4 is 4.74 Å². The number of nitriles is 1. The molecule has 1 aliphatic rings. The van der Waals surface area contributed by atoms with Crippen LogP contribution in [0.3, 0.4) is 0 Å². The number of ether oxygens (including phenoxy) is 1. The van der Waals surface area contributed by atoms with Crippen LogP contribution in [0.5, 0.6) is 5.75 Å². The summed E-state index contributed by atoms with van der Waals surface area (Å²) >= 11 is 5.94. The number of hydrogen-bond acceptors (Lipinski definition) is 3.